The summed E-state index contributed by atoms with van der Waals surface area (Å²) in [6, 6.07) is 43.8. The van der Waals surface area contributed by atoms with Crippen LogP contribution in [0.4, 0.5) is 0 Å². The molecule has 0 radical (unpaired) electrons. The Hall–Kier alpha value is -7.51. The number of aromatic nitrogens is 7. The fourth-order valence-electron chi connectivity index (χ4n) is 6.64. The molecule has 6 aromatic heterocycles. The van der Waals surface area contributed by atoms with E-state index in [4.69, 9.17) is 9.97 Å². The van der Waals surface area contributed by atoms with Gasteiger partial charge in [-0.3, -0.25) is 24.9 Å². The highest BCUT2D eigenvalue weighted by Gasteiger charge is 2.16. The Bertz CT molecular complexity index is 2430. The smallest absolute Gasteiger partial charge is 0.160 e. The predicted molar refractivity (Wildman–Crippen MR) is 214 cm³/mol. The van der Waals surface area contributed by atoms with Crippen LogP contribution in [0.3, 0.4) is 0 Å². The fourth-order valence-corrected chi connectivity index (χ4v) is 6.64. The number of hydrogen-bond donors (Lipinski definition) is 0. The zero-order valence-electron chi connectivity index (χ0n) is 29.0. The van der Waals surface area contributed by atoms with E-state index in [2.05, 4.69) is 91.6 Å². The van der Waals surface area contributed by atoms with Crippen molar-refractivity contribution in [3.8, 4) is 89.5 Å². The first-order valence-electron chi connectivity index (χ1n) is 17.6. The first kappa shape index (κ1) is 32.4. The molecular weight excluding hydrogens is 663 g/mol. The second-order valence-electron chi connectivity index (χ2n) is 12.8. The third-order valence-corrected chi connectivity index (χ3v) is 9.35. The molecule has 0 spiro atoms. The standard InChI is InChI=1S/C47H31N7/c1-3-36(38-5-2-14-52-31-38)23-37(4-1)47-53-45(43-26-39(32-6-15-48-16-7-32)24-40(27-43)33-8-17-49-18-9-33)30-46(54-47)44-28-41(34-10-19-50-20-11-34)25-42(29-44)35-12-21-51-22-13-35/h1-31H. The summed E-state index contributed by atoms with van der Waals surface area (Å²) in [6.45, 7) is 0. The van der Waals surface area contributed by atoms with Crippen molar-refractivity contribution in [1.82, 2.24) is 34.9 Å². The van der Waals surface area contributed by atoms with Crippen LogP contribution in [-0.4, -0.2) is 34.9 Å². The summed E-state index contributed by atoms with van der Waals surface area (Å²) in [5.41, 5.74) is 15.0. The Balaban J connectivity index is 1.28. The Labute approximate surface area is 312 Å². The molecule has 254 valence electrons. The van der Waals surface area contributed by atoms with Crippen LogP contribution in [0.5, 0.6) is 0 Å². The van der Waals surface area contributed by atoms with E-state index < -0.39 is 0 Å². The minimum Gasteiger partial charge on any atom is -0.265 e. The summed E-state index contributed by atoms with van der Waals surface area (Å²) in [4.78, 5) is 32.0. The summed E-state index contributed by atoms with van der Waals surface area (Å²) in [5, 5.41) is 0. The van der Waals surface area contributed by atoms with Crippen LogP contribution in [0.1, 0.15) is 0 Å². The monoisotopic (exact) mass is 693 g/mol. The van der Waals surface area contributed by atoms with Crippen LogP contribution < -0.4 is 0 Å². The van der Waals surface area contributed by atoms with Crippen molar-refractivity contribution in [3.05, 3.63) is 189 Å². The van der Waals surface area contributed by atoms with E-state index in [9.17, 15) is 0 Å². The van der Waals surface area contributed by atoms with Gasteiger partial charge in [0.25, 0.3) is 0 Å². The van der Waals surface area contributed by atoms with E-state index in [-0.39, 0.29) is 0 Å². The molecule has 0 N–H and O–H groups in total. The number of nitrogens with zero attached hydrogens (tertiary/aromatic N) is 7. The molecule has 7 nitrogen and oxygen atoms in total. The van der Waals surface area contributed by atoms with Crippen molar-refractivity contribution >= 4 is 0 Å². The maximum atomic E-state index is 5.30. The molecule has 0 bridgehead atoms. The molecular formula is C47H31N7. The van der Waals surface area contributed by atoms with Crippen LogP contribution in [0.25, 0.3) is 89.5 Å². The molecule has 0 unspecified atom stereocenters. The maximum Gasteiger partial charge on any atom is 0.160 e. The minimum absolute atomic E-state index is 0.618. The Morgan fingerprint density at radius 2 is 0.611 bits per heavy atom. The van der Waals surface area contributed by atoms with Crippen LogP contribution >= 0.6 is 0 Å². The molecule has 3 aromatic carbocycles. The van der Waals surface area contributed by atoms with Gasteiger partial charge < -0.3 is 0 Å². The van der Waals surface area contributed by atoms with Gasteiger partial charge in [-0.15, -0.1) is 0 Å². The van der Waals surface area contributed by atoms with Crippen molar-refractivity contribution in [2.24, 2.45) is 0 Å². The van der Waals surface area contributed by atoms with Gasteiger partial charge in [-0.25, -0.2) is 9.97 Å². The summed E-state index contributed by atoms with van der Waals surface area (Å²) in [6.07, 6.45) is 18.2. The molecule has 9 rings (SSSR count). The molecule has 0 fully saturated rings. The number of pyridine rings is 5. The lowest BCUT2D eigenvalue weighted by molar-refractivity contribution is 1.18. The molecule has 9 aromatic rings. The number of rotatable bonds is 8. The van der Waals surface area contributed by atoms with E-state index >= 15 is 0 Å². The molecule has 54 heavy (non-hydrogen) atoms. The van der Waals surface area contributed by atoms with Crippen molar-refractivity contribution < 1.29 is 0 Å². The van der Waals surface area contributed by atoms with Gasteiger partial charge >= 0.3 is 0 Å². The Morgan fingerprint density at radius 3 is 1.02 bits per heavy atom. The summed E-state index contributed by atoms with van der Waals surface area (Å²) < 4.78 is 0. The van der Waals surface area contributed by atoms with Crippen molar-refractivity contribution in [1.29, 1.82) is 0 Å². The molecule has 0 saturated heterocycles. The average Bonchev–Trinajstić information content (AvgIpc) is 3.27. The quantitative estimate of drug-likeness (QED) is 0.156. The van der Waals surface area contributed by atoms with Crippen LogP contribution in [0.15, 0.2) is 189 Å². The lowest BCUT2D eigenvalue weighted by atomic mass is 9.94. The maximum absolute atomic E-state index is 5.30. The summed E-state index contributed by atoms with van der Waals surface area (Å²) in [7, 11) is 0. The molecule has 0 aliphatic carbocycles. The largest absolute Gasteiger partial charge is 0.265 e. The van der Waals surface area contributed by atoms with Crippen molar-refractivity contribution in [2.45, 2.75) is 0 Å². The third-order valence-electron chi connectivity index (χ3n) is 9.35. The summed E-state index contributed by atoms with van der Waals surface area (Å²) >= 11 is 0. The van der Waals surface area contributed by atoms with Gasteiger partial charge in [0.05, 0.1) is 11.4 Å². The van der Waals surface area contributed by atoms with Gasteiger partial charge in [-0.2, -0.15) is 0 Å². The van der Waals surface area contributed by atoms with Gasteiger partial charge in [-0.05, 0) is 153 Å². The van der Waals surface area contributed by atoms with Gasteiger partial charge in [0.2, 0.25) is 0 Å². The highest BCUT2D eigenvalue weighted by Crippen LogP contribution is 2.37. The SMILES string of the molecule is c1cncc(-c2cccc(-c3nc(-c4cc(-c5ccncc5)cc(-c5ccncc5)c4)cc(-c4cc(-c5ccncc5)cc(-c5ccncc5)c4)n3)c2)c1. The second-order valence-corrected chi connectivity index (χ2v) is 12.8. The normalized spacial score (nSPS) is 11.0. The van der Waals surface area contributed by atoms with Crippen LogP contribution in [0.2, 0.25) is 0 Å². The van der Waals surface area contributed by atoms with Gasteiger partial charge in [0.15, 0.2) is 5.82 Å². The molecule has 0 aliphatic rings. The lowest BCUT2D eigenvalue weighted by Crippen LogP contribution is -1.97. The number of hydrogen-bond acceptors (Lipinski definition) is 7. The first-order valence-corrected chi connectivity index (χ1v) is 17.6. The molecule has 0 aliphatic heterocycles. The van der Waals surface area contributed by atoms with E-state index in [0.29, 0.717) is 5.82 Å². The molecule has 0 atom stereocenters. The lowest BCUT2D eigenvalue weighted by Gasteiger charge is -2.15. The topological polar surface area (TPSA) is 90.2 Å². The zero-order chi connectivity index (χ0) is 36.1. The second kappa shape index (κ2) is 14.6. The Kier molecular flexibility index (Phi) is 8.77. The van der Waals surface area contributed by atoms with Crippen LogP contribution in [0, 0.1) is 0 Å². The Morgan fingerprint density at radius 1 is 0.241 bits per heavy atom. The minimum atomic E-state index is 0.618. The van der Waals surface area contributed by atoms with Gasteiger partial charge in [0, 0.05) is 84.2 Å². The highest BCUT2D eigenvalue weighted by atomic mass is 14.9. The summed E-state index contributed by atoms with van der Waals surface area (Å²) in [5.74, 6) is 0.618. The molecule has 0 saturated carbocycles. The van der Waals surface area contributed by atoms with Gasteiger partial charge in [0.1, 0.15) is 0 Å². The highest BCUT2D eigenvalue weighted by molar-refractivity contribution is 5.85. The fraction of sp³-hybridized carbons (Fsp3) is 0. The molecule has 0 amide bonds. The average molecular weight is 694 g/mol. The van der Waals surface area contributed by atoms with Crippen LogP contribution in [-0.2, 0) is 0 Å². The van der Waals surface area contributed by atoms with E-state index in [1.807, 2.05) is 116 Å². The molecule has 6 heterocycles. The third kappa shape index (κ3) is 6.89. The van der Waals surface area contributed by atoms with E-state index in [0.717, 1.165) is 83.7 Å². The van der Waals surface area contributed by atoms with E-state index in [1.54, 1.807) is 6.20 Å². The van der Waals surface area contributed by atoms with Crippen molar-refractivity contribution in [2.75, 3.05) is 0 Å². The van der Waals surface area contributed by atoms with Crippen molar-refractivity contribution in [3.63, 3.8) is 0 Å². The molecule has 7 heteroatoms. The zero-order valence-corrected chi connectivity index (χ0v) is 29.0. The first-order chi connectivity index (χ1) is 26.7. The van der Waals surface area contributed by atoms with Gasteiger partial charge in [-0.1, -0.05) is 24.3 Å². The number of benzene rings is 3. The van der Waals surface area contributed by atoms with E-state index in [1.165, 1.54) is 0 Å². The predicted octanol–water partition coefficient (Wildman–Crippen LogP) is 10.8.